The number of hydrogen-bond donors (Lipinski definition) is 4. The van der Waals surface area contributed by atoms with Crippen LogP contribution in [-0.4, -0.2) is 58.6 Å². The normalized spacial score (nSPS) is 12.7. The molecule has 0 radical (unpaired) electrons. The summed E-state index contributed by atoms with van der Waals surface area (Å²) in [5.74, 6) is -1.81. The molecule has 10 nitrogen and oxygen atoms in total. The molecule has 0 fully saturated rings. The van der Waals surface area contributed by atoms with Crippen LogP contribution in [-0.2, 0) is 19.1 Å². The molecule has 4 amide bonds. The van der Waals surface area contributed by atoms with E-state index in [1.165, 1.54) is 4.90 Å². The Morgan fingerprint density at radius 2 is 1.56 bits per heavy atom. The maximum Gasteiger partial charge on any atom is 0.408 e. The number of nitrogens with two attached hydrogens (primary N) is 1. The van der Waals surface area contributed by atoms with E-state index in [0.29, 0.717) is 11.3 Å². The molecule has 5 N–H and O–H groups in total. The number of hydrogen-bond acceptors (Lipinski definition) is 6. The van der Waals surface area contributed by atoms with Crippen molar-refractivity contribution in [2.24, 2.45) is 5.73 Å². The van der Waals surface area contributed by atoms with Crippen molar-refractivity contribution in [2.75, 3.05) is 18.5 Å². The van der Waals surface area contributed by atoms with Crippen LogP contribution in [0.1, 0.15) is 61.9 Å². The van der Waals surface area contributed by atoms with Gasteiger partial charge in [-0.25, -0.2) is 4.79 Å². The van der Waals surface area contributed by atoms with Gasteiger partial charge >= 0.3 is 6.09 Å². The quantitative estimate of drug-likeness (QED) is 0.343. The number of alkyl carbamates (subject to hydrolysis) is 1. The van der Waals surface area contributed by atoms with Crippen LogP contribution < -0.4 is 16.4 Å². The molecule has 0 aliphatic carbocycles. The van der Waals surface area contributed by atoms with Gasteiger partial charge in [0.25, 0.3) is 5.91 Å². The Morgan fingerprint density at radius 1 is 0.974 bits per heavy atom. The molecule has 0 aromatic heterocycles. The molecule has 2 rings (SSSR count). The second-order valence-corrected chi connectivity index (χ2v) is 10.5. The van der Waals surface area contributed by atoms with Crippen LogP contribution in [0.4, 0.5) is 10.5 Å². The number of nitrogens with one attached hydrogen (secondary N) is 2. The summed E-state index contributed by atoms with van der Waals surface area (Å²) >= 11 is 0. The van der Waals surface area contributed by atoms with Crippen LogP contribution in [0.15, 0.2) is 42.5 Å². The van der Waals surface area contributed by atoms with Gasteiger partial charge in [0.05, 0.1) is 6.61 Å². The van der Waals surface area contributed by atoms with Gasteiger partial charge in [-0.1, -0.05) is 42.5 Å². The zero-order valence-electron chi connectivity index (χ0n) is 23.5. The number of aliphatic hydroxyl groups excluding tert-OH is 1. The fraction of sp³-hybridized carbons (Fsp3) is 0.448. The summed E-state index contributed by atoms with van der Waals surface area (Å²) in [6.45, 7) is 9.94. The lowest BCUT2D eigenvalue weighted by Crippen LogP contribution is -2.53. The molecule has 0 spiro atoms. The standard InChI is InChI=1S/C29H40N4O6/c1-18-10-7-8-13-21(18)25(26(36)32-24-19(2)11-9-12-20(24)3)33(16-17-34)27(37)22(14-15-23(30)35)31-28(38)39-29(4,5)6/h7-13,22,25,34H,14-17H2,1-6H3,(H2,30,35)(H,31,38)(H,32,36). The molecule has 0 heterocycles. The first-order valence-corrected chi connectivity index (χ1v) is 12.9. The number of aliphatic hydroxyl groups is 1. The number of anilines is 1. The lowest BCUT2D eigenvalue weighted by Gasteiger charge is -2.35. The minimum Gasteiger partial charge on any atom is -0.444 e. The molecule has 2 aromatic rings. The van der Waals surface area contributed by atoms with Crippen LogP contribution in [0.3, 0.4) is 0 Å². The largest absolute Gasteiger partial charge is 0.444 e. The van der Waals surface area contributed by atoms with E-state index in [1.807, 2.05) is 51.1 Å². The van der Waals surface area contributed by atoms with E-state index in [4.69, 9.17) is 10.5 Å². The summed E-state index contributed by atoms with van der Waals surface area (Å²) in [6.07, 6.45) is -1.17. The summed E-state index contributed by atoms with van der Waals surface area (Å²) in [4.78, 5) is 53.3. The molecular formula is C29H40N4O6. The number of carbonyl (C=O) groups is 4. The number of amides is 4. The molecule has 0 saturated heterocycles. The first kappa shape index (κ1) is 31.3. The molecule has 10 heteroatoms. The van der Waals surface area contributed by atoms with Gasteiger partial charge in [-0.05, 0) is 70.2 Å². The average Bonchev–Trinajstić information content (AvgIpc) is 2.83. The summed E-state index contributed by atoms with van der Waals surface area (Å²) in [7, 11) is 0. The van der Waals surface area contributed by atoms with E-state index in [9.17, 15) is 24.3 Å². The van der Waals surface area contributed by atoms with Gasteiger partial charge < -0.3 is 31.1 Å². The SMILES string of the molecule is Cc1ccccc1C(C(=O)Nc1c(C)cccc1C)N(CCO)C(=O)C(CCC(N)=O)NC(=O)OC(C)(C)C. The smallest absolute Gasteiger partial charge is 0.408 e. The van der Waals surface area contributed by atoms with Crippen molar-refractivity contribution in [1.82, 2.24) is 10.2 Å². The Balaban J connectivity index is 2.56. The molecular weight excluding hydrogens is 500 g/mol. The van der Waals surface area contributed by atoms with Gasteiger partial charge in [0.2, 0.25) is 11.8 Å². The monoisotopic (exact) mass is 540 g/mol. The number of rotatable bonds is 11. The lowest BCUT2D eigenvalue weighted by atomic mass is 9.97. The van der Waals surface area contributed by atoms with Gasteiger partial charge in [-0.2, -0.15) is 0 Å². The Morgan fingerprint density at radius 3 is 2.10 bits per heavy atom. The number of carbonyl (C=O) groups excluding carboxylic acids is 4. The lowest BCUT2D eigenvalue weighted by molar-refractivity contribution is -0.141. The van der Waals surface area contributed by atoms with Crippen molar-refractivity contribution in [3.8, 4) is 0 Å². The van der Waals surface area contributed by atoms with Crippen LogP contribution >= 0.6 is 0 Å². The highest BCUT2D eigenvalue weighted by Crippen LogP contribution is 2.29. The van der Waals surface area contributed by atoms with Crippen molar-refractivity contribution in [3.63, 3.8) is 0 Å². The highest BCUT2D eigenvalue weighted by atomic mass is 16.6. The van der Waals surface area contributed by atoms with E-state index < -0.39 is 48.1 Å². The van der Waals surface area contributed by atoms with Gasteiger partial charge in [0.1, 0.15) is 17.7 Å². The minimum atomic E-state index is -1.24. The summed E-state index contributed by atoms with van der Waals surface area (Å²) < 4.78 is 5.32. The van der Waals surface area contributed by atoms with Crippen LogP contribution in [0.5, 0.6) is 0 Å². The molecule has 0 saturated carbocycles. The van der Waals surface area contributed by atoms with Crippen LogP contribution in [0, 0.1) is 20.8 Å². The van der Waals surface area contributed by atoms with Gasteiger partial charge in [-0.15, -0.1) is 0 Å². The number of benzene rings is 2. The highest BCUT2D eigenvalue weighted by molar-refractivity contribution is 6.00. The third-order valence-electron chi connectivity index (χ3n) is 6.06. The van der Waals surface area contributed by atoms with E-state index in [2.05, 4.69) is 10.6 Å². The number of nitrogens with zero attached hydrogens (tertiary/aromatic N) is 1. The average molecular weight is 541 g/mol. The Bertz CT molecular complexity index is 1170. The highest BCUT2D eigenvalue weighted by Gasteiger charge is 2.37. The maximum atomic E-state index is 14.0. The predicted molar refractivity (Wildman–Crippen MR) is 149 cm³/mol. The van der Waals surface area contributed by atoms with Gasteiger partial charge in [0, 0.05) is 18.7 Å². The first-order valence-electron chi connectivity index (χ1n) is 12.9. The number of para-hydroxylation sites is 1. The van der Waals surface area contributed by atoms with Crippen molar-refractivity contribution in [2.45, 2.75) is 72.1 Å². The van der Waals surface area contributed by atoms with E-state index in [0.717, 1.165) is 16.7 Å². The summed E-state index contributed by atoms with van der Waals surface area (Å²) in [6, 6.07) is 10.4. The third-order valence-corrected chi connectivity index (χ3v) is 6.06. The predicted octanol–water partition coefficient (Wildman–Crippen LogP) is 3.27. The Hall–Kier alpha value is -3.92. The van der Waals surface area contributed by atoms with E-state index in [-0.39, 0.29) is 19.4 Å². The fourth-order valence-corrected chi connectivity index (χ4v) is 4.22. The third kappa shape index (κ3) is 9.10. The molecule has 0 aliphatic heterocycles. The van der Waals surface area contributed by atoms with Crippen molar-refractivity contribution >= 4 is 29.5 Å². The van der Waals surface area contributed by atoms with Crippen molar-refractivity contribution in [3.05, 3.63) is 64.7 Å². The summed E-state index contributed by atoms with van der Waals surface area (Å²) in [5.41, 5.74) is 8.11. The fourth-order valence-electron chi connectivity index (χ4n) is 4.22. The minimum absolute atomic E-state index is 0.117. The zero-order chi connectivity index (χ0) is 29.3. The van der Waals surface area contributed by atoms with Crippen molar-refractivity contribution < 1.29 is 29.0 Å². The van der Waals surface area contributed by atoms with Crippen molar-refractivity contribution in [1.29, 1.82) is 0 Å². The molecule has 2 unspecified atom stereocenters. The number of primary amides is 1. The topological polar surface area (TPSA) is 151 Å². The van der Waals surface area contributed by atoms with E-state index >= 15 is 0 Å². The molecule has 2 atom stereocenters. The zero-order valence-corrected chi connectivity index (χ0v) is 23.5. The number of ether oxygens (including phenoxy) is 1. The van der Waals surface area contributed by atoms with Gasteiger partial charge in [-0.3, -0.25) is 14.4 Å². The van der Waals surface area contributed by atoms with Gasteiger partial charge in [0.15, 0.2) is 0 Å². The van der Waals surface area contributed by atoms with Crippen LogP contribution in [0.25, 0.3) is 0 Å². The Labute approximate surface area is 229 Å². The maximum absolute atomic E-state index is 14.0. The Kier molecular flexibility index (Phi) is 11.0. The molecule has 0 bridgehead atoms. The number of aryl methyl sites for hydroxylation is 3. The molecule has 0 aliphatic rings. The summed E-state index contributed by atoms with van der Waals surface area (Å²) in [5, 5.41) is 15.4. The first-order chi connectivity index (χ1) is 18.2. The van der Waals surface area contributed by atoms with E-state index in [1.54, 1.807) is 32.9 Å². The second-order valence-electron chi connectivity index (χ2n) is 10.5. The molecule has 212 valence electrons. The second kappa shape index (κ2) is 13.7. The molecule has 39 heavy (non-hydrogen) atoms. The van der Waals surface area contributed by atoms with Crippen LogP contribution in [0.2, 0.25) is 0 Å². The molecule has 2 aromatic carbocycles.